The molecule has 0 radical (unpaired) electrons. The summed E-state index contributed by atoms with van der Waals surface area (Å²) in [5.41, 5.74) is 4.71. The van der Waals surface area contributed by atoms with E-state index in [1.807, 2.05) is 63.2 Å². The second-order valence-electron chi connectivity index (χ2n) is 6.56. The molecule has 2 N–H and O–H groups in total. The second-order valence-corrected chi connectivity index (χ2v) is 6.56. The summed E-state index contributed by atoms with van der Waals surface area (Å²) in [4.78, 5) is 16.3. The van der Waals surface area contributed by atoms with Gasteiger partial charge < -0.3 is 15.2 Å². The molecular formula is C20H22N4O2. The average molecular weight is 350 g/mol. The number of carbonyl (C=O) groups excluding carboxylic acids is 1. The largest absolute Gasteiger partial charge is 0.336 e. The molecule has 0 unspecified atom stereocenters. The Morgan fingerprint density at radius 3 is 2.58 bits per heavy atom. The lowest BCUT2D eigenvalue weighted by Gasteiger charge is -2.10. The normalized spacial score (nSPS) is 10.8. The number of hydrogen-bond donors (Lipinski definition) is 2. The molecule has 3 aromatic rings. The lowest BCUT2D eigenvalue weighted by molar-refractivity contribution is 0.250. The van der Waals surface area contributed by atoms with E-state index < -0.39 is 0 Å². The fourth-order valence-electron chi connectivity index (χ4n) is 2.50. The average Bonchev–Trinajstić information content (AvgIpc) is 3.07. The Hall–Kier alpha value is -3.15. The molecule has 0 aliphatic rings. The first-order valence-corrected chi connectivity index (χ1v) is 8.51. The van der Waals surface area contributed by atoms with Crippen molar-refractivity contribution in [1.29, 1.82) is 0 Å². The molecule has 0 aliphatic heterocycles. The van der Waals surface area contributed by atoms with Gasteiger partial charge in [-0.3, -0.25) is 0 Å². The van der Waals surface area contributed by atoms with E-state index in [0.717, 1.165) is 11.1 Å². The molecular weight excluding hydrogens is 328 g/mol. The minimum absolute atomic E-state index is 0.0657. The van der Waals surface area contributed by atoms with Crippen molar-refractivity contribution >= 4 is 11.7 Å². The van der Waals surface area contributed by atoms with E-state index in [0.29, 0.717) is 17.4 Å². The van der Waals surface area contributed by atoms with Gasteiger partial charge in [0.1, 0.15) is 0 Å². The molecule has 0 aliphatic carbocycles. The molecule has 1 heterocycles. The summed E-state index contributed by atoms with van der Waals surface area (Å²) in [6.07, 6.45) is 0. The van der Waals surface area contributed by atoms with Crippen LogP contribution < -0.4 is 10.6 Å². The first-order chi connectivity index (χ1) is 12.4. The summed E-state index contributed by atoms with van der Waals surface area (Å²) in [5, 5.41) is 9.65. The van der Waals surface area contributed by atoms with E-state index in [4.69, 9.17) is 4.52 Å². The molecule has 26 heavy (non-hydrogen) atoms. The highest BCUT2D eigenvalue weighted by Crippen LogP contribution is 2.25. The van der Waals surface area contributed by atoms with Gasteiger partial charge in [0.25, 0.3) is 5.89 Å². The zero-order valence-electron chi connectivity index (χ0n) is 15.3. The lowest BCUT2D eigenvalue weighted by Crippen LogP contribution is -2.34. The highest BCUT2D eigenvalue weighted by molar-refractivity contribution is 5.90. The van der Waals surface area contributed by atoms with Crippen LogP contribution in [0.15, 0.2) is 47.0 Å². The summed E-state index contributed by atoms with van der Waals surface area (Å²) in [6, 6.07) is 13.2. The molecule has 6 nitrogen and oxygen atoms in total. The number of rotatable bonds is 4. The maximum absolute atomic E-state index is 11.8. The van der Waals surface area contributed by atoms with E-state index in [2.05, 4.69) is 27.7 Å². The van der Waals surface area contributed by atoms with Crippen LogP contribution in [0.2, 0.25) is 0 Å². The van der Waals surface area contributed by atoms with Crippen LogP contribution in [0, 0.1) is 13.8 Å². The molecule has 0 saturated heterocycles. The van der Waals surface area contributed by atoms with E-state index in [9.17, 15) is 4.79 Å². The molecule has 0 atom stereocenters. The maximum atomic E-state index is 11.8. The smallest absolute Gasteiger partial charge is 0.319 e. The molecule has 3 rings (SSSR count). The van der Waals surface area contributed by atoms with Gasteiger partial charge in [0.15, 0.2) is 0 Å². The van der Waals surface area contributed by atoms with Gasteiger partial charge >= 0.3 is 6.03 Å². The van der Waals surface area contributed by atoms with Crippen LogP contribution in [0.25, 0.3) is 22.8 Å². The summed E-state index contributed by atoms with van der Waals surface area (Å²) >= 11 is 0. The van der Waals surface area contributed by atoms with E-state index >= 15 is 0 Å². The molecule has 0 saturated carbocycles. The van der Waals surface area contributed by atoms with Crippen molar-refractivity contribution in [2.24, 2.45) is 0 Å². The molecule has 0 fully saturated rings. The van der Waals surface area contributed by atoms with Gasteiger partial charge in [-0.1, -0.05) is 23.4 Å². The molecule has 2 aromatic carbocycles. The van der Waals surface area contributed by atoms with Crippen LogP contribution in [-0.2, 0) is 0 Å². The Morgan fingerprint density at radius 2 is 1.85 bits per heavy atom. The second kappa shape index (κ2) is 7.39. The zero-order valence-corrected chi connectivity index (χ0v) is 15.3. The molecule has 1 aromatic heterocycles. The summed E-state index contributed by atoms with van der Waals surface area (Å²) in [6.45, 7) is 7.92. The van der Waals surface area contributed by atoms with Crippen molar-refractivity contribution in [2.45, 2.75) is 33.7 Å². The Kier molecular flexibility index (Phi) is 5.02. The van der Waals surface area contributed by atoms with Crippen molar-refractivity contribution in [2.75, 3.05) is 5.32 Å². The number of amides is 2. The lowest BCUT2D eigenvalue weighted by atomic mass is 10.1. The van der Waals surface area contributed by atoms with Gasteiger partial charge in [0, 0.05) is 22.9 Å². The van der Waals surface area contributed by atoms with Crippen LogP contribution in [0.4, 0.5) is 10.5 Å². The third-order valence-electron chi connectivity index (χ3n) is 3.98. The fourth-order valence-corrected chi connectivity index (χ4v) is 2.50. The zero-order chi connectivity index (χ0) is 18.7. The van der Waals surface area contributed by atoms with Crippen LogP contribution in [0.3, 0.4) is 0 Å². The third kappa shape index (κ3) is 4.08. The first kappa shape index (κ1) is 17.7. The topological polar surface area (TPSA) is 80.0 Å². The third-order valence-corrected chi connectivity index (χ3v) is 3.98. The van der Waals surface area contributed by atoms with Crippen LogP contribution >= 0.6 is 0 Å². The van der Waals surface area contributed by atoms with Gasteiger partial charge in [0.2, 0.25) is 5.82 Å². The van der Waals surface area contributed by atoms with Crippen molar-refractivity contribution in [1.82, 2.24) is 15.5 Å². The van der Waals surface area contributed by atoms with Crippen LogP contribution in [0.5, 0.6) is 0 Å². The molecule has 2 amide bonds. The summed E-state index contributed by atoms with van der Waals surface area (Å²) in [5.74, 6) is 0.949. The van der Waals surface area contributed by atoms with Crippen LogP contribution in [0.1, 0.15) is 25.0 Å². The number of benzene rings is 2. The number of aromatic nitrogens is 2. The van der Waals surface area contributed by atoms with Gasteiger partial charge in [-0.05, 0) is 63.1 Å². The van der Waals surface area contributed by atoms with E-state index in [1.165, 1.54) is 11.1 Å². The number of nitrogens with zero attached hydrogens (tertiary/aromatic N) is 2. The number of nitrogens with one attached hydrogen (secondary N) is 2. The number of carbonyl (C=O) groups is 1. The van der Waals surface area contributed by atoms with Crippen LogP contribution in [-0.4, -0.2) is 22.2 Å². The first-order valence-electron chi connectivity index (χ1n) is 8.51. The Morgan fingerprint density at radius 1 is 1.04 bits per heavy atom. The Balaban J connectivity index is 1.82. The predicted octanol–water partition coefficient (Wildman–Crippen LogP) is 4.55. The predicted molar refractivity (Wildman–Crippen MR) is 102 cm³/mol. The molecule has 134 valence electrons. The number of urea groups is 1. The molecule has 6 heteroatoms. The number of aryl methyl sites for hydroxylation is 2. The van der Waals surface area contributed by atoms with E-state index in [-0.39, 0.29) is 12.1 Å². The maximum Gasteiger partial charge on any atom is 0.319 e. The van der Waals surface area contributed by atoms with Gasteiger partial charge in [-0.2, -0.15) is 4.98 Å². The standard InChI is InChI=1S/C20H22N4O2/c1-12(2)21-20(25)22-17-7-5-6-15(11-17)18-23-19(26-24-18)16-9-8-13(3)14(4)10-16/h5-12H,1-4H3,(H2,21,22,25). The molecule has 0 spiro atoms. The van der Waals surface area contributed by atoms with Gasteiger partial charge in [0.05, 0.1) is 0 Å². The van der Waals surface area contributed by atoms with Crippen molar-refractivity contribution < 1.29 is 9.32 Å². The summed E-state index contributed by atoms with van der Waals surface area (Å²) in [7, 11) is 0. The highest BCUT2D eigenvalue weighted by atomic mass is 16.5. The summed E-state index contributed by atoms with van der Waals surface area (Å²) < 4.78 is 5.41. The minimum atomic E-state index is -0.249. The SMILES string of the molecule is Cc1ccc(-c2nc(-c3cccc(NC(=O)NC(C)C)c3)no2)cc1C. The monoisotopic (exact) mass is 350 g/mol. The Bertz CT molecular complexity index is 931. The Labute approximate surface area is 152 Å². The highest BCUT2D eigenvalue weighted by Gasteiger charge is 2.12. The quantitative estimate of drug-likeness (QED) is 0.723. The van der Waals surface area contributed by atoms with Gasteiger partial charge in [-0.15, -0.1) is 0 Å². The van der Waals surface area contributed by atoms with Crippen molar-refractivity contribution in [3.05, 3.63) is 53.6 Å². The van der Waals surface area contributed by atoms with Crippen molar-refractivity contribution in [3.63, 3.8) is 0 Å². The van der Waals surface area contributed by atoms with Gasteiger partial charge in [-0.25, -0.2) is 4.79 Å². The van der Waals surface area contributed by atoms with Crippen molar-refractivity contribution in [3.8, 4) is 22.8 Å². The minimum Gasteiger partial charge on any atom is -0.336 e. The molecule has 0 bridgehead atoms. The fraction of sp³-hybridized carbons (Fsp3) is 0.250. The van der Waals surface area contributed by atoms with E-state index in [1.54, 1.807) is 0 Å². The number of hydrogen-bond acceptors (Lipinski definition) is 4. The number of anilines is 1.